The summed E-state index contributed by atoms with van der Waals surface area (Å²) in [5.74, 6) is -0.475. The standard InChI is InChI=1S/C18H18BrNO4/c1-20(2)18(23)14-7-12(8-15(19)9-14)11-24-16-6-4-3-5-13(16)10-17(21)22/h3-9H,10-11H2,1-2H3,(H,21,22). The summed E-state index contributed by atoms with van der Waals surface area (Å²) in [7, 11) is 3.39. The van der Waals surface area contributed by atoms with Gasteiger partial charge >= 0.3 is 5.97 Å². The fourth-order valence-corrected chi connectivity index (χ4v) is 2.77. The van der Waals surface area contributed by atoms with E-state index in [1.54, 1.807) is 50.5 Å². The van der Waals surface area contributed by atoms with Gasteiger partial charge in [0.05, 0.1) is 6.42 Å². The Bertz CT molecular complexity index is 758. The fraction of sp³-hybridized carbons (Fsp3) is 0.222. The molecular weight excluding hydrogens is 374 g/mol. The molecule has 0 aliphatic rings. The number of para-hydroxylation sites is 1. The maximum absolute atomic E-state index is 12.1. The molecular formula is C18H18BrNO4. The Hall–Kier alpha value is -2.34. The van der Waals surface area contributed by atoms with E-state index in [4.69, 9.17) is 9.84 Å². The summed E-state index contributed by atoms with van der Waals surface area (Å²) in [4.78, 5) is 24.5. The van der Waals surface area contributed by atoms with E-state index in [1.165, 1.54) is 4.90 Å². The van der Waals surface area contributed by atoms with Gasteiger partial charge in [-0.05, 0) is 29.8 Å². The first-order valence-corrected chi connectivity index (χ1v) is 8.09. The number of carboxylic acids is 1. The molecule has 0 saturated heterocycles. The highest BCUT2D eigenvalue weighted by Crippen LogP contribution is 2.22. The highest BCUT2D eigenvalue weighted by atomic mass is 79.9. The van der Waals surface area contributed by atoms with E-state index in [0.717, 1.165) is 10.0 Å². The largest absolute Gasteiger partial charge is 0.489 e. The van der Waals surface area contributed by atoms with Crippen molar-refractivity contribution in [2.45, 2.75) is 13.0 Å². The summed E-state index contributed by atoms with van der Waals surface area (Å²) in [6.07, 6.45) is -0.0982. The van der Waals surface area contributed by atoms with E-state index < -0.39 is 5.97 Å². The monoisotopic (exact) mass is 391 g/mol. The molecule has 0 aromatic heterocycles. The first-order chi connectivity index (χ1) is 11.4. The number of carbonyl (C=O) groups is 2. The SMILES string of the molecule is CN(C)C(=O)c1cc(Br)cc(COc2ccccc2CC(=O)O)c1. The fourth-order valence-electron chi connectivity index (χ4n) is 2.23. The van der Waals surface area contributed by atoms with Crippen molar-refractivity contribution in [3.63, 3.8) is 0 Å². The summed E-state index contributed by atoms with van der Waals surface area (Å²) in [6, 6.07) is 12.4. The minimum Gasteiger partial charge on any atom is -0.489 e. The van der Waals surface area contributed by atoms with Gasteiger partial charge in [0.15, 0.2) is 0 Å². The van der Waals surface area contributed by atoms with Crippen molar-refractivity contribution >= 4 is 27.8 Å². The van der Waals surface area contributed by atoms with Gasteiger partial charge in [-0.15, -0.1) is 0 Å². The van der Waals surface area contributed by atoms with E-state index in [9.17, 15) is 9.59 Å². The number of rotatable bonds is 6. The van der Waals surface area contributed by atoms with Crippen LogP contribution in [0.2, 0.25) is 0 Å². The van der Waals surface area contributed by atoms with Crippen molar-refractivity contribution in [1.82, 2.24) is 4.90 Å². The Morgan fingerprint density at radius 3 is 2.54 bits per heavy atom. The highest BCUT2D eigenvalue weighted by molar-refractivity contribution is 9.10. The lowest BCUT2D eigenvalue weighted by atomic mass is 10.1. The summed E-state index contributed by atoms with van der Waals surface area (Å²) in [5.41, 5.74) is 2.00. The van der Waals surface area contributed by atoms with Crippen molar-refractivity contribution in [1.29, 1.82) is 0 Å². The van der Waals surface area contributed by atoms with Crippen LogP contribution in [0.5, 0.6) is 5.75 Å². The van der Waals surface area contributed by atoms with Crippen LogP contribution >= 0.6 is 15.9 Å². The van der Waals surface area contributed by atoms with Gasteiger partial charge in [0.25, 0.3) is 5.91 Å². The van der Waals surface area contributed by atoms with Crippen molar-refractivity contribution in [2.24, 2.45) is 0 Å². The average Bonchev–Trinajstić information content (AvgIpc) is 2.52. The quantitative estimate of drug-likeness (QED) is 0.819. The van der Waals surface area contributed by atoms with Crippen LogP contribution in [0.1, 0.15) is 21.5 Å². The summed E-state index contributed by atoms with van der Waals surface area (Å²) in [5, 5.41) is 8.96. The number of nitrogens with zero attached hydrogens (tertiary/aromatic N) is 1. The number of ether oxygens (including phenoxy) is 1. The number of aliphatic carboxylic acids is 1. The normalized spacial score (nSPS) is 10.3. The molecule has 0 spiro atoms. The highest BCUT2D eigenvalue weighted by Gasteiger charge is 2.11. The zero-order chi connectivity index (χ0) is 17.7. The maximum Gasteiger partial charge on any atom is 0.307 e. The molecule has 0 heterocycles. The molecule has 1 N–H and O–H groups in total. The second kappa shape index (κ2) is 7.97. The number of hydrogen-bond acceptors (Lipinski definition) is 3. The molecule has 0 atom stereocenters. The Balaban J connectivity index is 2.18. The lowest BCUT2D eigenvalue weighted by Gasteiger charge is -2.13. The average molecular weight is 392 g/mol. The van der Waals surface area contributed by atoms with E-state index >= 15 is 0 Å². The van der Waals surface area contributed by atoms with Gasteiger partial charge in [-0.25, -0.2) is 0 Å². The van der Waals surface area contributed by atoms with Gasteiger partial charge in [0, 0.05) is 29.7 Å². The van der Waals surface area contributed by atoms with Gasteiger partial charge in [0.1, 0.15) is 12.4 Å². The number of amides is 1. The molecule has 0 aliphatic heterocycles. The summed E-state index contributed by atoms with van der Waals surface area (Å²) in [6.45, 7) is 0.240. The van der Waals surface area contributed by atoms with Crippen LogP contribution in [0.25, 0.3) is 0 Å². The van der Waals surface area contributed by atoms with Crippen LogP contribution in [0, 0.1) is 0 Å². The first kappa shape index (κ1) is 18.0. The third-order valence-corrected chi connectivity index (χ3v) is 3.78. The lowest BCUT2D eigenvalue weighted by Crippen LogP contribution is -2.21. The first-order valence-electron chi connectivity index (χ1n) is 7.30. The van der Waals surface area contributed by atoms with Crippen molar-refractivity contribution in [2.75, 3.05) is 14.1 Å². The Kier molecular flexibility index (Phi) is 5.98. The zero-order valence-corrected chi connectivity index (χ0v) is 15.0. The summed E-state index contributed by atoms with van der Waals surface area (Å²) < 4.78 is 6.55. The topological polar surface area (TPSA) is 66.8 Å². The summed E-state index contributed by atoms with van der Waals surface area (Å²) >= 11 is 3.40. The van der Waals surface area contributed by atoms with Crippen LogP contribution in [0.15, 0.2) is 46.9 Å². The van der Waals surface area contributed by atoms with Crippen LogP contribution in [-0.2, 0) is 17.8 Å². The maximum atomic E-state index is 12.1. The van der Waals surface area contributed by atoms with Crippen molar-refractivity contribution < 1.29 is 19.4 Å². The van der Waals surface area contributed by atoms with Gasteiger partial charge in [0.2, 0.25) is 0 Å². The molecule has 2 aromatic carbocycles. The minimum absolute atomic E-state index is 0.0937. The number of carbonyl (C=O) groups excluding carboxylic acids is 1. The predicted molar refractivity (Wildman–Crippen MR) is 94.3 cm³/mol. The molecule has 126 valence electrons. The Morgan fingerprint density at radius 2 is 1.88 bits per heavy atom. The molecule has 0 radical (unpaired) electrons. The molecule has 2 rings (SSSR count). The van der Waals surface area contributed by atoms with Gasteiger partial charge in [-0.3, -0.25) is 9.59 Å². The molecule has 2 aromatic rings. The molecule has 5 nitrogen and oxygen atoms in total. The van der Waals surface area contributed by atoms with Crippen molar-refractivity contribution in [3.05, 3.63) is 63.6 Å². The zero-order valence-electron chi connectivity index (χ0n) is 13.5. The second-order valence-electron chi connectivity index (χ2n) is 5.51. The molecule has 0 fully saturated rings. The van der Waals surface area contributed by atoms with E-state index in [1.807, 2.05) is 6.07 Å². The Morgan fingerprint density at radius 1 is 1.17 bits per heavy atom. The smallest absolute Gasteiger partial charge is 0.307 e. The van der Waals surface area contributed by atoms with Gasteiger partial charge in [-0.2, -0.15) is 0 Å². The molecule has 0 unspecified atom stereocenters. The molecule has 0 aliphatic carbocycles. The van der Waals surface area contributed by atoms with Crippen LogP contribution in [-0.4, -0.2) is 36.0 Å². The molecule has 6 heteroatoms. The van der Waals surface area contributed by atoms with Crippen LogP contribution in [0.3, 0.4) is 0 Å². The molecule has 24 heavy (non-hydrogen) atoms. The minimum atomic E-state index is -0.910. The molecule has 0 bridgehead atoms. The second-order valence-corrected chi connectivity index (χ2v) is 6.43. The van der Waals surface area contributed by atoms with E-state index in [0.29, 0.717) is 16.9 Å². The third kappa shape index (κ3) is 4.83. The van der Waals surface area contributed by atoms with Crippen LogP contribution < -0.4 is 4.74 Å². The number of benzene rings is 2. The van der Waals surface area contributed by atoms with E-state index in [-0.39, 0.29) is 18.9 Å². The van der Waals surface area contributed by atoms with Gasteiger partial charge in [-0.1, -0.05) is 34.1 Å². The number of hydrogen-bond donors (Lipinski definition) is 1. The van der Waals surface area contributed by atoms with Gasteiger partial charge < -0.3 is 14.7 Å². The molecule has 0 saturated carbocycles. The predicted octanol–water partition coefficient (Wildman–Crippen LogP) is 3.36. The lowest BCUT2D eigenvalue weighted by molar-refractivity contribution is -0.136. The third-order valence-electron chi connectivity index (χ3n) is 3.32. The van der Waals surface area contributed by atoms with Crippen molar-refractivity contribution in [3.8, 4) is 5.75 Å². The van der Waals surface area contributed by atoms with E-state index in [2.05, 4.69) is 15.9 Å². The number of carboxylic acid groups (broad SMARTS) is 1. The Labute approximate surface area is 149 Å². The number of halogens is 1. The molecule has 1 amide bonds. The van der Waals surface area contributed by atoms with Crippen LogP contribution in [0.4, 0.5) is 0 Å².